The number of guanidine groups is 1. The third-order valence-electron chi connectivity index (χ3n) is 5.60. The summed E-state index contributed by atoms with van der Waals surface area (Å²) in [5.74, 6) is 2.05. The Hall–Kier alpha value is -1.85. The molecule has 1 fully saturated rings. The predicted molar refractivity (Wildman–Crippen MR) is 139 cm³/mol. The minimum absolute atomic E-state index is 0. The Kier molecular flexibility index (Phi) is 10.7. The van der Waals surface area contributed by atoms with E-state index in [2.05, 4.69) is 27.8 Å². The van der Waals surface area contributed by atoms with Crippen LogP contribution >= 0.6 is 24.0 Å². The van der Waals surface area contributed by atoms with Crippen molar-refractivity contribution in [3.63, 3.8) is 0 Å². The highest BCUT2D eigenvalue weighted by atomic mass is 127. The number of hydrogen-bond donors (Lipinski definition) is 2. The summed E-state index contributed by atoms with van der Waals surface area (Å²) in [5, 5.41) is 6.72. The van der Waals surface area contributed by atoms with Crippen molar-refractivity contribution in [2.45, 2.75) is 24.2 Å². The smallest absolute Gasteiger partial charge is 0.243 e. The highest BCUT2D eigenvalue weighted by molar-refractivity contribution is 14.0. The normalized spacial score (nSPS) is 15.6. The molecule has 2 aromatic carbocycles. The lowest BCUT2D eigenvalue weighted by atomic mass is 9.98. The number of piperidine rings is 1. The first kappa shape index (κ1) is 26.4. The molecular formula is C23H33IN4O3S. The molecule has 9 heteroatoms. The fourth-order valence-electron chi connectivity index (χ4n) is 3.67. The van der Waals surface area contributed by atoms with E-state index >= 15 is 0 Å². The maximum atomic E-state index is 12.8. The Morgan fingerprint density at radius 3 is 2.31 bits per heavy atom. The molecule has 0 atom stereocenters. The van der Waals surface area contributed by atoms with Crippen LogP contribution in [-0.4, -0.2) is 59.0 Å². The van der Waals surface area contributed by atoms with Crippen molar-refractivity contribution in [3.8, 4) is 5.75 Å². The summed E-state index contributed by atoms with van der Waals surface area (Å²) in [6.07, 6.45) is 2.56. The van der Waals surface area contributed by atoms with Gasteiger partial charge in [0.2, 0.25) is 10.0 Å². The molecular weight excluding hydrogens is 539 g/mol. The van der Waals surface area contributed by atoms with Crippen LogP contribution in [0, 0.1) is 5.92 Å². The van der Waals surface area contributed by atoms with Gasteiger partial charge in [0.1, 0.15) is 5.75 Å². The Balaban J connectivity index is 0.00000363. The molecule has 0 aliphatic carbocycles. The fourth-order valence-corrected chi connectivity index (χ4v) is 5.17. The van der Waals surface area contributed by atoms with E-state index in [0.29, 0.717) is 23.9 Å². The maximum Gasteiger partial charge on any atom is 0.243 e. The van der Waals surface area contributed by atoms with Crippen LogP contribution in [0.15, 0.2) is 64.5 Å². The standard InChI is InChI=1S/C23H32N4O3S.HI/c1-24-23(25-15-12-19-8-10-21(30-2)11-9-19)26-18-20-13-16-27(17-14-20)31(28,29)22-6-4-3-5-7-22;/h3-11,20H,12-18H2,1-2H3,(H2,24,25,26);1H. The van der Waals surface area contributed by atoms with Crippen LogP contribution in [0.25, 0.3) is 0 Å². The maximum absolute atomic E-state index is 12.8. The van der Waals surface area contributed by atoms with Gasteiger partial charge in [0.25, 0.3) is 0 Å². The molecule has 0 bridgehead atoms. The van der Waals surface area contributed by atoms with Crippen LogP contribution in [0.5, 0.6) is 5.75 Å². The number of rotatable bonds is 8. The molecule has 0 amide bonds. The highest BCUT2D eigenvalue weighted by Crippen LogP contribution is 2.23. The molecule has 2 aromatic rings. The second-order valence-electron chi connectivity index (χ2n) is 7.64. The topological polar surface area (TPSA) is 83.0 Å². The van der Waals surface area contributed by atoms with Gasteiger partial charge in [-0.05, 0) is 55.0 Å². The number of ether oxygens (including phenoxy) is 1. The van der Waals surface area contributed by atoms with Gasteiger partial charge in [-0.25, -0.2) is 8.42 Å². The summed E-state index contributed by atoms with van der Waals surface area (Å²) in [6.45, 7) is 2.65. The monoisotopic (exact) mass is 572 g/mol. The van der Waals surface area contributed by atoms with Gasteiger partial charge in [-0.15, -0.1) is 24.0 Å². The number of nitrogens with zero attached hydrogens (tertiary/aromatic N) is 2. The number of sulfonamides is 1. The summed E-state index contributed by atoms with van der Waals surface area (Å²) in [7, 11) is 0.0313. The first-order chi connectivity index (χ1) is 15.0. The number of aliphatic imine (C=N–C) groups is 1. The van der Waals surface area contributed by atoms with Gasteiger partial charge in [0, 0.05) is 33.2 Å². The molecule has 7 nitrogen and oxygen atoms in total. The van der Waals surface area contributed by atoms with Crippen LogP contribution in [0.4, 0.5) is 0 Å². The predicted octanol–water partition coefficient (Wildman–Crippen LogP) is 3.12. The molecule has 0 aromatic heterocycles. The van der Waals surface area contributed by atoms with Crippen molar-refractivity contribution >= 4 is 40.0 Å². The Morgan fingerprint density at radius 2 is 1.72 bits per heavy atom. The molecule has 176 valence electrons. The summed E-state index contributed by atoms with van der Waals surface area (Å²) in [4.78, 5) is 4.66. The Labute approximate surface area is 208 Å². The van der Waals surface area contributed by atoms with Crippen molar-refractivity contribution in [1.29, 1.82) is 0 Å². The van der Waals surface area contributed by atoms with E-state index in [4.69, 9.17) is 4.74 Å². The van der Waals surface area contributed by atoms with E-state index in [1.807, 2.05) is 18.2 Å². The Morgan fingerprint density at radius 1 is 1.06 bits per heavy atom. The van der Waals surface area contributed by atoms with E-state index in [0.717, 1.165) is 44.1 Å². The molecule has 0 spiro atoms. The minimum atomic E-state index is -3.40. The second kappa shape index (κ2) is 13.0. The van der Waals surface area contributed by atoms with Gasteiger partial charge in [0.15, 0.2) is 5.96 Å². The number of halogens is 1. The minimum Gasteiger partial charge on any atom is -0.497 e. The molecule has 3 rings (SSSR count). The average molecular weight is 573 g/mol. The number of benzene rings is 2. The van der Waals surface area contributed by atoms with Crippen molar-refractivity contribution < 1.29 is 13.2 Å². The van der Waals surface area contributed by atoms with Crippen molar-refractivity contribution in [2.75, 3.05) is 40.3 Å². The summed E-state index contributed by atoms with van der Waals surface area (Å²) in [6, 6.07) is 16.7. The molecule has 1 aliphatic rings. The number of hydrogen-bond acceptors (Lipinski definition) is 4. The van der Waals surface area contributed by atoms with Crippen molar-refractivity contribution in [3.05, 3.63) is 60.2 Å². The van der Waals surface area contributed by atoms with Crippen molar-refractivity contribution in [1.82, 2.24) is 14.9 Å². The first-order valence-electron chi connectivity index (χ1n) is 10.7. The molecule has 1 aliphatic heterocycles. The molecule has 1 saturated heterocycles. The molecule has 0 radical (unpaired) electrons. The quantitative estimate of drug-likeness (QED) is 0.289. The number of nitrogens with one attached hydrogen (secondary N) is 2. The van der Waals surface area contributed by atoms with Crippen LogP contribution in [-0.2, 0) is 16.4 Å². The summed E-state index contributed by atoms with van der Waals surface area (Å²) >= 11 is 0. The average Bonchev–Trinajstić information content (AvgIpc) is 2.82. The van der Waals surface area contributed by atoms with Gasteiger partial charge >= 0.3 is 0 Å². The van der Waals surface area contributed by atoms with Gasteiger partial charge < -0.3 is 15.4 Å². The zero-order valence-corrected chi connectivity index (χ0v) is 21.8. The van der Waals surface area contributed by atoms with Crippen LogP contribution in [0.3, 0.4) is 0 Å². The summed E-state index contributed by atoms with van der Waals surface area (Å²) in [5.41, 5.74) is 1.23. The molecule has 0 unspecified atom stereocenters. The van der Waals surface area contributed by atoms with E-state index in [1.54, 1.807) is 42.7 Å². The van der Waals surface area contributed by atoms with Crippen LogP contribution in [0.1, 0.15) is 18.4 Å². The van der Waals surface area contributed by atoms with E-state index < -0.39 is 10.0 Å². The summed E-state index contributed by atoms with van der Waals surface area (Å²) < 4.78 is 32.3. The zero-order valence-electron chi connectivity index (χ0n) is 18.7. The Bertz CT molecular complexity index is 945. The lowest BCUT2D eigenvalue weighted by Crippen LogP contribution is -2.44. The van der Waals surface area contributed by atoms with Crippen LogP contribution < -0.4 is 15.4 Å². The lowest BCUT2D eigenvalue weighted by molar-refractivity contribution is 0.273. The van der Waals surface area contributed by atoms with Crippen LogP contribution in [0.2, 0.25) is 0 Å². The van der Waals surface area contributed by atoms with Gasteiger partial charge in [-0.3, -0.25) is 4.99 Å². The molecule has 1 heterocycles. The first-order valence-corrected chi connectivity index (χ1v) is 12.1. The zero-order chi connectivity index (χ0) is 22.1. The third-order valence-corrected chi connectivity index (χ3v) is 7.51. The third kappa shape index (κ3) is 7.35. The molecule has 0 saturated carbocycles. The lowest BCUT2D eigenvalue weighted by Gasteiger charge is -2.31. The molecule has 2 N–H and O–H groups in total. The second-order valence-corrected chi connectivity index (χ2v) is 9.58. The van der Waals surface area contributed by atoms with E-state index in [9.17, 15) is 8.42 Å². The SMILES string of the molecule is CN=C(NCCc1ccc(OC)cc1)NCC1CCN(S(=O)(=O)c2ccccc2)CC1.I. The number of methoxy groups -OCH3 is 1. The van der Waals surface area contributed by atoms with E-state index in [1.165, 1.54) is 5.56 Å². The van der Waals surface area contributed by atoms with Crippen molar-refractivity contribution in [2.24, 2.45) is 10.9 Å². The fraction of sp³-hybridized carbons (Fsp3) is 0.435. The highest BCUT2D eigenvalue weighted by Gasteiger charge is 2.29. The van der Waals surface area contributed by atoms with Gasteiger partial charge in [-0.2, -0.15) is 4.31 Å². The van der Waals surface area contributed by atoms with E-state index in [-0.39, 0.29) is 24.0 Å². The molecule has 32 heavy (non-hydrogen) atoms. The largest absolute Gasteiger partial charge is 0.497 e. The van der Waals surface area contributed by atoms with Gasteiger partial charge in [-0.1, -0.05) is 30.3 Å². The van der Waals surface area contributed by atoms with Gasteiger partial charge in [0.05, 0.1) is 12.0 Å².